The van der Waals surface area contributed by atoms with Crippen LogP contribution in [0, 0.1) is 5.92 Å². The van der Waals surface area contributed by atoms with Gasteiger partial charge < -0.3 is 16.4 Å². The van der Waals surface area contributed by atoms with Gasteiger partial charge >= 0.3 is 0 Å². The molecule has 0 saturated carbocycles. The second-order valence-corrected chi connectivity index (χ2v) is 4.81. The van der Waals surface area contributed by atoms with E-state index in [4.69, 9.17) is 11.5 Å². The molecule has 0 bridgehead atoms. The van der Waals surface area contributed by atoms with Gasteiger partial charge in [-0.25, -0.2) is 4.98 Å². The van der Waals surface area contributed by atoms with Crippen molar-refractivity contribution in [2.45, 2.75) is 19.3 Å². The van der Waals surface area contributed by atoms with Gasteiger partial charge in [0.15, 0.2) is 0 Å². The van der Waals surface area contributed by atoms with Gasteiger partial charge in [0.1, 0.15) is 5.82 Å². The van der Waals surface area contributed by atoms with E-state index in [-0.39, 0.29) is 24.2 Å². The van der Waals surface area contributed by atoms with E-state index in [0.29, 0.717) is 24.5 Å². The van der Waals surface area contributed by atoms with Gasteiger partial charge in [0.25, 0.3) is 0 Å². The standard InChI is InChI=1S/C13H18N4O2/c14-12-9(3-1-5-16-12)7-11(18)17-6-2-4-10(8-17)13(15)19/h1,3,5,10H,2,4,6-8H2,(H2,14,16)(H2,15,19)/t10-/m0/s1. The van der Waals surface area contributed by atoms with Crippen molar-refractivity contribution in [1.82, 2.24) is 9.88 Å². The zero-order valence-electron chi connectivity index (χ0n) is 10.7. The number of nitrogen functional groups attached to an aromatic ring is 1. The zero-order chi connectivity index (χ0) is 13.8. The summed E-state index contributed by atoms with van der Waals surface area (Å²) in [5.41, 5.74) is 11.7. The van der Waals surface area contributed by atoms with Gasteiger partial charge in [-0.05, 0) is 18.9 Å². The summed E-state index contributed by atoms with van der Waals surface area (Å²) in [5.74, 6) is -0.229. The van der Waals surface area contributed by atoms with E-state index in [0.717, 1.165) is 12.8 Å². The number of amides is 2. The van der Waals surface area contributed by atoms with Crippen LogP contribution in [0.2, 0.25) is 0 Å². The van der Waals surface area contributed by atoms with E-state index in [2.05, 4.69) is 4.98 Å². The third kappa shape index (κ3) is 3.21. The summed E-state index contributed by atoms with van der Waals surface area (Å²) in [7, 11) is 0. The molecule has 1 aromatic rings. The summed E-state index contributed by atoms with van der Waals surface area (Å²) >= 11 is 0. The van der Waals surface area contributed by atoms with Crippen molar-refractivity contribution in [2.24, 2.45) is 11.7 Å². The fourth-order valence-electron chi connectivity index (χ4n) is 2.31. The minimum atomic E-state index is -0.335. The Hall–Kier alpha value is -2.11. The van der Waals surface area contributed by atoms with Crippen LogP contribution in [0.25, 0.3) is 0 Å². The highest BCUT2D eigenvalue weighted by Crippen LogP contribution is 2.18. The molecule has 1 aliphatic rings. The Kier molecular flexibility index (Phi) is 3.99. The average Bonchev–Trinajstić information content (AvgIpc) is 2.41. The minimum absolute atomic E-state index is 0.0364. The van der Waals surface area contributed by atoms with E-state index in [1.165, 1.54) is 0 Å². The predicted octanol–water partition coefficient (Wildman–Crippen LogP) is -0.0698. The van der Waals surface area contributed by atoms with Crippen molar-refractivity contribution in [2.75, 3.05) is 18.8 Å². The van der Waals surface area contributed by atoms with Crippen molar-refractivity contribution in [1.29, 1.82) is 0 Å². The van der Waals surface area contributed by atoms with Crippen LogP contribution in [-0.4, -0.2) is 34.8 Å². The summed E-state index contributed by atoms with van der Waals surface area (Å²) in [6, 6.07) is 3.54. The number of carbonyl (C=O) groups is 2. The highest BCUT2D eigenvalue weighted by atomic mass is 16.2. The number of anilines is 1. The lowest BCUT2D eigenvalue weighted by molar-refractivity contribution is -0.134. The number of hydrogen-bond donors (Lipinski definition) is 2. The zero-order valence-corrected chi connectivity index (χ0v) is 10.7. The third-order valence-electron chi connectivity index (χ3n) is 3.44. The summed E-state index contributed by atoms with van der Waals surface area (Å²) in [4.78, 5) is 29.0. The number of carbonyl (C=O) groups excluding carboxylic acids is 2. The lowest BCUT2D eigenvalue weighted by Gasteiger charge is -2.31. The molecule has 1 saturated heterocycles. The van der Waals surface area contributed by atoms with Gasteiger partial charge in [-0.15, -0.1) is 0 Å². The number of nitrogens with zero attached hydrogens (tertiary/aromatic N) is 2. The monoisotopic (exact) mass is 262 g/mol. The number of nitrogens with two attached hydrogens (primary N) is 2. The molecule has 0 aromatic carbocycles. The van der Waals surface area contributed by atoms with Crippen LogP contribution in [0.5, 0.6) is 0 Å². The first-order valence-electron chi connectivity index (χ1n) is 6.34. The Morgan fingerprint density at radius 2 is 2.26 bits per heavy atom. The van der Waals surface area contributed by atoms with Crippen LogP contribution in [-0.2, 0) is 16.0 Å². The minimum Gasteiger partial charge on any atom is -0.383 e. The molecule has 0 aliphatic carbocycles. The summed E-state index contributed by atoms with van der Waals surface area (Å²) in [6.07, 6.45) is 3.37. The van der Waals surface area contributed by atoms with Crippen LogP contribution >= 0.6 is 0 Å². The molecule has 1 atom stereocenters. The molecule has 0 spiro atoms. The molecule has 6 nitrogen and oxygen atoms in total. The highest BCUT2D eigenvalue weighted by Gasteiger charge is 2.27. The maximum absolute atomic E-state index is 12.2. The van der Waals surface area contributed by atoms with Crippen molar-refractivity contribution >= 4 is 17.6 Å². The van der Waals surface area contributed by atoms with Crippen LogP contribution in [0.1, 0.15) is 18.4 Å². The number of rotatable bonds is 3. The third-order valence-corrected chi connectivity index (χ3v) is 3.44. The average molecular weight is 262 g/mol. The number of hydrogen-bond acceptors (Lipinski definition) is 4. The second kappa shape index (κ2) is 5.69. The lowest BCUT2D eigenvalue weighted by atomic mass is 9.97. The fourth-order valence-corrected chi connectivity index (χ4v) is 2.31. The van der Waals surface area contributed by atoms with Crippen LogP contribution in [0.15, 0.2) is 18.3 Å². The van der Waals surface area contributed by atoms with Gasteiger partial charge in [0, 0.05) is 24.8 Å². The molecule has 4 N–H and O–H groups in total. The molecular formula is C13H18N4O2. The first-order chi connectivity index (χ1) is 9.08. The van der Waals surface area contributed by atoms with Crippen molar-refractivity contribution in [3.8, 4) is 0 Å². The normalized spacial score (nSPS) is 19.2. The van der Waals surface area contributed by atoms with Crippen molar-refractivity contribution in [3.05, 3.63) is 23.9 Å². The summed E-state index contributed by atoms with van der Waals surface area (Å²) in [5, 5.41) is 0. The number of likely N-dealkylation sites (tertiary alicyclic amines) is 1. The number of aromatic nitrogens is 1. The number of primary amides is 1. The summed E-state index contributed by atoms with van der Waals surface area (Å²) in [6.45, 7) is 1.08. The van der Waals surface area contributed by atoms with Gasteiger partial charge in [-0.3, -0.25) is 9.59 Å². The molecule has 1 aliphatic heterocycles. The second-order valence-electron chi connectivity index (χ2n) is 4.81. The van der Waals surface area contributed by atoms with Crippen LogP contribution in [0.4, 0.5) is 5.82 Å². The molecule has 1 fully saturated rings. The van der Waals surface area contributed by atoms with Gasteiger partial charge in [0.05, 0.1) is 12.3 Å². The molecule has 2 rings (SSSR count). The Labute approximate surface area is 111 Å². The molecule has 0 unspecified atom stereocenters. The topological polar surface area (TPSA) is 102 Å². The molecular weight excluding hydrogens is 244 g/mol. The molecule has 6 heteroatoms. The largest absolute Gasteiger partial charge is 0.383 e. The molecule has 0 radical (unpaired) electrons. The Bertz CT molecular complexity index is 489. The Morgan fingerprint density at radius 1 is 1.47 bits per heavy atom. The maximum Gasteiger partial charge on any atom is 0.227 e. The van der Waals surface area contributed by atoms with E-state index in [9.17, 15) is 9.59 Å². The first kappa shape index (κ1) is 13.3. The van der Waals surface area contributed by atoms with Crippen molar-refractivity contribution < 1.29 is 9.59 Å². The number of pyridine rings is 1. The maximum atomic E-state index is 12.2. The molecule has 2 heterocycles. The van der Waals surface area contributed by atoms with Crippen LogP contribution < -0.4 is 11.5 Å². The fraction of sp³-hybridized carbons (Fsp3) is 0.462. The smallest absolute Gasteiger partial charge is 0.227 e. The highest BCUT2D eigenvalue weighted by molar-refractivity contribution is 5.82. The molecule has 2 amide bonds. The van der Waals surface area contributed by atoms with E-state index >= 15 is 0 Å². The van der Waals surface area contributed by atoms with Crippen molar-refractivity contribution in [3.63, 3.8) is 0 Å². The molecule has 1 aromatic heterocycles. The lowest BCUT2D eigenvalue weighted by Crippen LogP contribution is -2.44. The molecule has 19 heavy (non-hydrogen) atoms. The van der Waals surface area contributed by atoms with Gasteiger partial charge in [-0.1, -0.05) is 6.07 Å². The van der Waals surface area contributed by atoms with Gasteiger partial charge in [0.2, 0.25) is 11.8 Å². The quantitative estimate of drug-likeness (QED) is 0.796. The summed E-state index contributed by atoms with van der Waals surface area (Å²) < 4.78 is 0. The van der Waals surface area contributed by atoms with E-state index in [1.54, 1.807) is 23.2 Å². The Morgan fingerprint density at radius 3 is 2.95 bits per heavy atom. The SMILES string of the molecule is NC(=O)[C@H]1CCCN(C(=O)Cc2cccnc2N)C1. The van der Waals surface area contributed by atoms with Gasteiger partial charge in [-0.2, -0.15) is 0 Å². The van der Waals surface area contributed by atoms with Crippen LogP contribution in [0.3, 0.4) is 0 Å². The predicted molar refractivity (Wildman–Crippen MR) is 70.9 cm³/mol. The molecule has 102 valence electrons. The Balaban J connectivity index is 2.00. The van der Waals surface area contributed by atoms with E-state index in [1.807, 2.05) is 0 Å². The first-order valence-corrected chi connectivity index (χ1v) is 6.34. The van der Waals surface area contributed by atoms with E-state index < -0.39 is 0 Å². The number of piperidine rings is 1.